The summed E-state index contributed by atoms with van der Waals surface area (Å²) in [7, 11) is 0. The van der Waals surface area contributed by atoms with E-state index in [1.54, 1.807) is 11.3 Å². The molecule has 2 aromatic carbocycles. The van der Waals surface area contributed by atoms with Gasteiger partial charge < -0.3 is 5.32 Å². The number of benzene rings is 2. The predicted octanol–water partition coefficient (Wildman–Crippen LogP) is 5.93. The highest BCUT2D eigenvalue weighted by molar-refractivity contribution is 7.21. The molecule has 0 saturated carbocycles. The Balaban J connectivity index is 1.47. The first-order valence-electron chi connectivity index (χ1n) is 8.94. The molecule has 1 N–H and O–H groups in total. The Bertz CT molecular complexity index is 1130. The number of anilines is 1. The van der Waals surface area contributed by atoms with Crippen molar-refractivity contribution in [3.05, 3.63) is 70.4 Å². The predicted molar refractivity (Wildman–Crippen MR) is 116 cm³/mol. The Morgan fingerprint density at radius 3 is 2.50 bits per heavy atom. The lowest BCUT2D eigenvalue weighted by atomic mass is 10.1. The number of hydrogen-bond acceptors (Lipinski definition) is 5. The number of fused-ring (bicyclic) bond motifs is 1. The van der Waals surface area contributed by atoms with Crippen LogP contribution in [0.15, 0.2) is 60.7 Å². The normalized spacial score (nSPS) is 10.9. The fourth-order valence-electron chi connectivity index (χ4n) is 2.91. The smallest absolute Gasteiger partial charge is 0.224 e. The molecule has 0 aliphatic carbocycles. The molecule has 0 radical (unpaired) electrons. The maximum absolute atomic E-state index is 12.4. The molecule has 4 nitrogen and oxygen atoms in total. The average Bonchev–Trinajstić information content (AvgIpc) is 3.32. The third-order valence-electron chi connectivity index (χ3n) is 4.32. The summed E-state index contributed by atoms with van der Waals surface area (Å²) in [6.07, 6.45) is 0.360. The molecule has 0 atom stereocenters. The molecule has 28 heavy (non-hydrogen) atoms. The third-order valence-corrected chi connectivity index (χ3v) is 6.43. The first kappa shape index (κ1) is 18.5. The zero-order chi connectivity index (χ0) is 19.5. The summed E-state index contributed by atoms with van der Waals surface area (Å²) in [6, 6.07) is 19.3. The maximum atomic E-state index is 12.4. The summed E-state index contributed by atoms with van der Waals surface area (Å²) in [5, 5.41) is 3.81. The number of aryl methyl sites for hydroxylation is 1. The van der Waals surface area contributed by atoms with Gasteiger partial charge in [0.15, 0.2) is 5.78 Å². The molecule has 0 saturated heterocycles. The van der Waals surface area contributed by atoms with E-state index >= 15 is 0 Å². The molecule has 2 heterocycles. The fourth-order valence-corrected chi connectivity index (χ4v) is 4.75. The Labute approximate surface area is 170 Å². The molecule has 0 unspecified atom stereocenters. The summed E-state index contributed by atoms with van der Waals surface area (Å²) in [4.78, 5) is 31.1. The van der Waals surface area contributed by atoms with E-state index in [1.807, 2.05) is 67.6 Å². The van der Waals surface area contributed by atoms with Crippen LogP contribution in [-0.2, 0) is 4.79 Å². The Hall–Kier alpha value is -2.83. The van der Waals surface area contributed by atoms with Gasteiger partial charge in [-0.25, -0.2) is 4.98 Å². The molecule has 4 rings (SSSR count). The summed E-state index contributed by atoms with van der Waals surface area (Å²) in [6.45, 7) is 1.97. The van der Waals surface area contributed by atoms with Gasteiger partial charge in [0.25, 0.3) is 0 Å². The first-order chi connectivity index (χ1) is 13.6. The lowest BCUT2D eigenvalue weighted by molar-refractivity contribution is -0.116. The van der Waals surface area contributed by atoms with E-state index in [-0.39, 0.29) is 24.5 Å². The van der Waals surface area contributed by atoms with E-state index in [2.05, 4.69) is 10.3 Å². The third kappa shape index (κ3) is 4.03. The van der Waals surface area contributed by atoms with Crippen molar-refractivity contribution in [2.75, 3.05) is 5.32 Å². The number of para-hydroxylation sites is 2. The molecule has 4 aromatic rings. The standard InChI is InChI=1S/C22H18N2O2S2/c1-14-10-12-20(27-14)18(25)11-13-21(26)23-16-7-3-2-6-15(16)22-24-17-8-4-5-9-19(17)28-22/h2-10,12H,11,13H2,1H3,(H,23,26). The van der Waals surface area contributed by atoms with Crippen molar-refractivity contribution in [3.63, 3.8) is 0 Å². The molecule has 6 heteroatoms. The molecule has 0 fully saturated rings. The van der Waals surface area contributed by atoms with Crippen molar-refractivity contribution in [1.82, 2.24) is 4.98 Å². The second-order valence-corrected chi connectivity index (χ2v) is 8.73. The van der Waals surface area contributed by atoms with Gasteiger partial charge in [0.2, 0.25) is 5.91 Å². The van der Waals surface area contributed by atoms with Gasteiger partial charge in [-0.3, -0.25) is 9.59 Å². The van der Waals surface area contributed by atoms with Crippen LogP contribution < -0.4 is 5.32 Å². The summed E-state index contributed by atoms with van der Waals surface area (Å²) in [5.41, 5.74) is 2.55. The molecule has 0 aliphatic heterocycles. The minimum absolute atomic E-state index is 0.00714. The Kier molecular flexibility index (Phi) is 5.32. The highest BCUT2D eigenvalue weighted by Crippen LogP contribution is 2.34. The quantitative estimate of drug-likeness (QED) is 0.403. The number of Topliss-reactive ketones (excluding diaryl/α,β-unsaturated/α-hetero) is 1. The van der Waals surface area contributed by atoms with E-state index in [9.17, 15) is 9.59 Å². The van der Waals surface area contributed by atoms with Gasteiger partial charge in [-0.2, -0.15) is 0 Å². The number of nitrogens with zero attached hydrogens (tertiary/aromatic N) is 1. The fraction of sp³-hybridized carbons (Fsp3) is 0.136. The van der Waals surface area contributed by atoms with Gasteiger partial charge in [0.05, 0.1) is 20.8 Å². The number of thiophene rings is 1. The molecule has 2 aromatic heterocycles. The maximum Gasteiger partial charge on any atom is 0.224 e. The van der Waals surface area contributed by atoms with Gasteiger partial charge in [0, 0.05) is 23.3 Å². The van der Waals surface area contributed by atoms with Crippen LogP contribution in [-0.4, -0.2) is 16.7 Å². The Morgan fingerprint density at radius 2 is 1.71 bits per heavy atom. The number of amides is 1. The number of ketones is 1. The number of rotatable bonds is 6. The zero-order valence-corrected chi connectivity index (χ0v) is 16.9. The van der Waals surface area contributed by atoms with Gasteiger partial charge in [-0.15, -0.1) is 22.7 Å². The number of hydrogen-bond donors (Lipinski definition) is 1. The van der Waals surface area contributed by atoms with Crippen molar-refractivity contribution in [2.45, 2.75) is 19.8 Å². The number of carbonyl (C=O) groups is 2. The van der Waals surface area contributed by atoms with Crippen LogP contribution in [0.2, 0.25) is 0 Å². The van der Waals surface area contributed by atoms with Crippen molar-refractivity contribution < 1.29 is 9.59 Å². The van der Waals surface area contributed by atoms with Crippen LogP contribution in [0.4, 0.5) is 5.69 Å². The first-order valence-corrected chi connectivity index (χ1v) is 10.6. The van der Waals surface area contributed by atoms with Gasteiger partial charge in [-0.1, -0.05) is 24.3 Å². The average molecular weight is 407 g/mol. The minimum atomic E-state index is -0.171. The van der Waals surface area contributed by atoms with Crippen LogP contribution in [0, 0.1) is 6.92 Å². The second kappa shape index (κ2) is 8.04. The van der Waals surface area contributed by atoms with Crippen LogP contribution in [0.3, 0.4) is 0 Å². The van der Waals surface area contributed by atoms with Gasteiger partial charge >= 0.3 is 0 Å². The lowest BCUT2D eigenvalue weighted by Crippen LogP contribution is -2.13. The van der Waals surface area contributed by atoms with E-state index in [0.717, 1.165) is 25.7 Å². The zero-order valence-electron chi connectivity index (χ0n) is 15.3. The van der Waals surface area contributed by atoms with E-state index < -0.39 is 0 Å². The SMILES string of the molecule is Cc1ccc(C(=O)CCC(=O)Nc2ccccc2-c2nc3ccccc3s2)s1. The van der Waals surface area contributed by atoms with Crippen LogP contribution in [0.5, 0.6) is 0 Å². The van der Waals surface area contributed by atoms with Gasteiger partial charge in [-0.05, 0) is 43.3 Å². The molecular formula is C22H18N2O2S2. The number of nitrogens with one attached hydrogen (secondary N) is 1. The largest absolute Gasteiger partial charge is 0.325 e. The summed E-state index contributed by atoms with van der Waals surface area (Å²) < 4.78 is 1.11. The topological polar surface area (TPSA) is 59.1 Å². The molecular weight excluding hydrogens is 388 g/mol. The number of aromatic nitrogens is 1. The molecule has 0 bridgehead atoms. The minimum Gasteiger partial charge on any atom is -0.325 e. The molecule has 0 aliphatic rings. The van der Waals surface area contributed by atoms with Crippen LogP contribution >= 0.6 is 22.7 Å². The lowest BCUT2D eigenvalue weighted by Gasteiger charge is -2.09. The summed E-state index contributed by atoms with van der Waals surface area (Å²) in [5.74, 6) is -0.164. The van der Waals surface area contributed by atoms with E-state index in [0.29, 0.717) is 10.6 Å². The Morgan fingerprint density at radius 1 is 0.929 bits per heavy atom. The van der Waals surface area contributed by atoms with Crippen molar-refractivity contribution in [3.8, 4) is 10.6 Å². The number of thiazole rings is 1. The van der Waals surface area contributed by atoms with Crippen LogP contribution in [0.25, 0.3) is 20.8 Å². The van der Waals surface area contributed by atoms with Crippen molar-refractivity contribution in [1.29, 1.82) is 0 Å². The highest BCUT2D eigenvalue weighted by Gasteiger charge is 2.14. The molecule has 140 valence electrons. The number of carbonyl (C=O) groups excluding carboxylic acids is 2. The van der Waals surface area contributed by atoms with Crippen molar-refractivity contribution >= 4 is 50.3 Å². The van der Waals surface area contributed by atoms with Crippen LogP contribution in [0.1, 0.15) is 27.4 Å². The van der Waals surface area contributed by atoms with Gasteiger partial charge in [0.1, 0.15) is 5.01 Å². The highest BCUT2D eigenvalue weighted by atomic mass is 32.1. The molecule has 1 amide bonds. The molecule has 0 spiro atoms. The van der Waals surface area contributed by atoms with E-state index in [4.69, 9.17) is 0 Å². The van der Waals surface area contributed by atoms with Crippen molar-refractivity contribution in [2.24, 2.45) is 0 Å². The van der Waals surface area contributed by atoms with E-state index in [1.165, 1.54) is 11.3 Å². The monoisotopic (exact) mass is 406 g/mol. The summed E-state index contributed by atoms with van der Waals surface area (Å²) >= 11 is 3.06. The second-order valence-electron chi connectivity index (χ2n) is 6.41.